The average Bonchev–Trinajstić information content (AvgIpc) is 3.19. The number of rotatable bonds is 6. The van der Waals surface area contributed by atoms with Gasteiger partial charge >= 0.3 is 0 Å². The molecule has 1 aromatic heterocycles. The lowest BCUT2D eigenvalue weighted by Crippen LogP contribution is -2.57. The predicted molar refractivity (Wildman–Crippen MR) is 69.2 cm³/mol. The molecule has 0 spiro atoms. The first kappa shape index (κ1) is 14.3. The van der Waals surface area contributed by atoms with Crippen LogP contribution in [0.1, 0.15) is 29.4 Å². The van der Waals surface area contributed by atoms with Crippen LogP contribution in [0.5, 0.6) is 0 Å². The van der Waals surface area contributed by atoms with Crippen LogP contribution in [0.4, 0.5) is 0 Å². The van der Waals surface area contributed by atoms with E-state index in [0.717, 1.165) is 12.8 Å². The molecular weight excluding hydrogens is 272 g/mol. The Morgan fingerprint density at radius 2 is 1.95 bits per heavy atom. The van der Waals surface area contributed by atoms with Crippen LogP contribution in [0.2, 0.25) is 5.02 Å². The van der Waals surface area contributed by atoms with Crippen molar-refractivity contribution in [1.82, 2.24) is 9.88 Å². The fourth-order valence-corrected chi connectivity index (χ4v) is 2.06. The number of aromatic nitrogens is 1. The largest absolute Gasteiger partial charge is 0.394 e. The Labute approximate surface area is 115 Å². The van der Waals surface area contributed by atoms with E-state index >= 15 is 0 Å². The van der Waals surface area contributed by atoms with Crippen LogP contribution >= 0.6 is 11.6 Å². The number of hydrogen-bond donors (Lipinski definition) is 4. The van der Waals surface area contributed by atoms with Crippen molar-refractivity contribution in [1.29, 1.82) is 0 Å². The molecule has 0 radical (unpaired) electrons. The zero-order chi connectivity index (χ0) is 14.0. The summed E-state index contributed by atoms with van der Waals surface area (Å²) in [4.78, 5) is 12.2. The minimum absolute atomic E-state index is 0.278. The van der Waals surface area contributed by atoms with Crippen LogP contribution in [0.15, 0.2) is 12.3 Å². The molecule has 4 N–H and O–H groups in total. The average molecular weight is 289 g/mol. The van der Waals surface area contributed by atoms with Crippen molar-refractivity contribution < 1.29 is 20.1 Å². The summed E-state index contributed by atoms with van der Waals surface area (Å²) in [6, 6.07) is 1.81. The fraction of sp³-hybridized carbons (Fsp3) is 0.583. The maximum Gasteiger partial charge on any atom is 0.268 e. The van der Waals surface area contributed by atoms with Crippen LogP contribution in [0, 0.1) is 0 Å². The van der Waals surface area contributed by atoms with Gasteiger partial charge < -0.3 is 25.2 Å². The summed E-state index contributed by atoms with van der Waals surface area (Å²) in [6.45, 7) is -1.66. The molecular formula is C12H17ClN2O4. The van der Waals surface area contributed by atoms with Crippen molar-refractivity contribution in [2.45, 2.75) is 24.4 Å². The van der Waals surface area contributed by atoms with Gasteiger partial charge in [0.1, 0.15) is 11.2 Å². The van der Waals surface area contributed by atoms with Gasteiger partial charge in [0, 0.05) is 12.2 Å². The Balaban J connectivity index is 2.19. The van der Waals surface area contributed by atoms with Gasteiger partial charge in [-0.25, -0.2) is 0 Å². The first-order valence-corrected chi connectivity index (χ1v) is 6.45. The Hall–Kier alpha value is -1.08. The smallest absolute Gasteiger partial charge is 0.268 e. The standard InChI is InChI=1S/C12H17ClN2O4/c13-8-3-10(15(4-8)9-1-2-9)11(19)14-12(5-16,6-17)7-18/h3-4,9,16-18H,1-2,5-7H2,(H,14,19). The number of amides is 1. The third-order valence-corrected chi connectivity index (χ3v) is 3.48. The van der Waals surface area contributed by atoms with Gasteiger partial charge in [0.2, 0.25) is 0 Å². The molecule has 0 unspecified atom stereocenters. The van der Waals surface area contributed by atoms with Crippen molar-refractivity contribution in [2.24, 2.45) is 0 Å². The summed E-state index contributed by atoms with van der Waals surface area (Å²) in [5.74, 6) is -0.476. The van der Waals surface area contributed by atoms with Gasteiger partial charge in [0.15, 0.2) is 0 Å². The van der Waals surface area contributed by atoms with Crippen LogP contribution in [-0.2, 0) is 0 Å². The molecule has 6 nitrogen and oxygen atoms in total. The molecule has 1 amide bonds. The van der Waals surface area contributed by atoms with Crippen molar-refractivity contribution >= 4 is 17.5 Å². The number of aliphatic hydroxyl groups is 3. The molecule has 0 aromatic carbocycles. The van der Waals surface area contributed by atoms with Crippen molar-refractivity contribution in [2.75, 3.05) is 19.8 Å². The first-order chi connectivity index (χ1) is 9.05. The lowest BCUT2D eigenvalue weighted by molar-refractivity contribution is 0.0371. The Kier molecular flexibility index (Phi) is 4.15. The molecule has 0 bridgehead atoms. The molecule has 1 aromatic rings. The fourth-order valence-electron chi connectivity index (χ4n) is 1.86. The molecule has 1 fully saturated rings. The summed E-state index contributed by atoms with van der Waals surface area (Å²) >= 11 is 5.91. The molecule has 1 aliphatic rings. The highest BCUT2D eigenvalue weighted by atomic mass is 35.5. The molecule has 2 rings (SSSR count). The Bertz CT molecular complexity index is 458. The predicted octanol–water partition coefficient (Wildman–Crippen LogP) is -0.0781. The Morgan fingerprint density at radius 1 is 1.37 bits per heavy atom. The summed E-state index contributed by atoms with van der Waals surface area (Å²) < 4.78 is 1.79. The van der Waals surface area contributed by atoms with Gasteiger partial charge in [-0.3, -0.25) is 4.79 Å². The molecule has 7 heteroatoms. The molecule has 1 heterocycles. The number of halogens is 1. The minimum Gasteiger partial charge on any atom is -0.394 e. The van der Waals surface area contributed by atoms with Crippen molar-refractivity contribution in [3.63, 3.8) is 0 Å². The van der Waals surface area contributed by atoms with E-state index in [1.807, 2.05) is 0 Å². The van der Waals surface area contributed by atoms with E-state index in [-0.39, 0.29) is 6.04 Å². The highest BCUT2D eigenvalue weighted by Crippen LogP contribution is 2.37. The van der Waals surface area contributed by atoms with Crippen molar-refractivity contribution in [3.05, 3.63) is 23.0 Å². The number of carbonyl (C=O) groups is 1. The summed E-state index contributed by atoms with van der Waals surface area (Å²) in [7, 11) is 0. The molecule has 106 valence electrons. The van der Waals surface area contributed by atoms with Gasteiger partial charge in [-0.05, 0) is 18.9 Å². The van der Waals surface area contributed by atoms with E-state index in [0.29, 0.717) is 10.7 Å². The molecule has 1 saturated carbocycles. The second kappa shape index (κ2) is 5.50. The lowest BCUT2D eigenvalue weighted by atomic mass is 10.0. The van der Waals surface area contributed by atoms with Crippen LogP contribution in [0.3, 0.4) is 0 Å². The topological polar surface area (TPSA) is 94.7 Å². The second-order valence-corrected chi connectivity index (χ2v) is 5.33. The first-order valence-electron chi connectivity index (χ1n) is 6.07. The number of carbonyl (C=O) groups excluding carboxylic acids is 1. The minimum atomic E-state index is -1.43. The number of hydrogen-bond acceptors (Lipinski definition) is 4. The number of nitrogens with zero attached hydrogens (tertiary/aromatic N) is 1. The van der Waals surface area contributed by atoms with E-state index in [2.05, 4.69) is 5.32 Å². The molecule has 0 atom stereocenters. The quantitative estimate of drug-likeness (QED) is 0.589. The Morgan fingerprint density at radius 3 is 2.42 bits per heavy atom. The van der Waals surface area contributed by atoms with Crippen LogP contribution < -0.4 is 5.32 Å². The monoisotopic (exact) mass is 288 g/mol. The van der Waals surface area contributed by atoms with E-state index in [9.17, 15) is 20.1 Å². The lowest BCUT2D eigenvalue weighted by Gasteiger charge is -2.28. The summed E-state index contributed by atoms with van der Waals surface area (Å²) in [5.41, 5.74) is -1.06. The van der Waals surface area contributed by atoms with Gasteiger partial charge in [-0.1, -0.05) is 11.6 Å². The van der Waals surface area contributed by atoms with Gasteiger partial charge in [0.25, 0.3) is 5.91 Å². The third kappa shape index (κ3) is 2.92. The van der Waals surface area contributed by atoms with Crippen LogP contribution in [-0.4, -0.2) is 51.2 Å². The summed E-state index contributed by atoms with van der Waals surface area (Å²) in [5, 5.41) is 30.5. The highest BCUT2D eigenvalue weighted by Gasteiger charge is 2.33. The van der Waals surface area contributed by atoms with E-state index in [1.54, 1.807) is 10.8 Å². The molecule has 0 aliphatic heterocycles. The molecule has 19 heavy (non-hydrogen) atoms. The van der Waals surface area contributed by atoms with E-state index in [4.69, 9.17) is 11.6 Å². The van der Waals surface area contributed by atoms with E-state index < -0.39 is 31.3 Å². The third-order valence-electron chi connectivity index (χ3n) is 3.27. The van der Waals surface area contributed by atoms with Crippen LogP contribution in [0.25, 0.3) is 0 Å². The summed E-state index contributed by atoms with van der Waals surface area (Å²) in [6.07, 6.45) is 3.68. The second-order valence-electron chi connectivity index (χ2n) is 4.89. The van der Waals surface area contributed by atoms with Gasteiger partial charge in [-0.2, -0.15) is 0 Å². The number of nitrogens with one attached hydrogen (secondary N) is 1. The maximum atomic E-state index is 12.2. The zero-order valence-corrected chi connectivity index (χ0v) is 11.1. The normalized spacial score (nSPS) is 15.6. The maximum absolute atomic E-state index is 12.2. The van der Waals surface area contributed by atoms with Gasteiger partial charge in [0.05, 0.1) is 24.8 Å². The number of aliphatic hydroxyl groups excluding tert-OH is 3. The molecule has 1 aliphatic carbocycles. The highest BCUT2D eigenvalue weighted by molar-refractivity contribution is 6.31. The SMILES string of the molecule is O=C(NC(CO)(CO)CO)c1cc(Cl)cn1C1CC1. The van der Waals surface area contributed by atoms with Crippen molar-refractivity contribution in [3.8, 4) is 0 Å². The van der Waals surface area contributed by atoms with Gasteiger partial charge in [-0.15, -0.1) is 0 Å². The van der Waals surface area contributed by atoms with E-state index in [1.165, 1.54) is 6.07 Å². The molecule has 0 saturated heterocycles. The zero-order valence-electron chi connectivity index (χ0n) is 10.3.